The first-order valence-corrected chi connectivity index (χ1v) is 7.94. The number of aryl methyl sites for hydroxylation is 1. The summed E-state index contributed by atoms with van der Waals surface area (Å²) >= 11 is 0. The molecule has 0 aromatic carbocycles. The highest BCUT2D eigenvalue weighted by molar-refractivity contribution is 5.96. The Morgan fingerprint density at radius 2 is 1.83 bits per heavy atom. The molecule has 4 heterocycles. The quantitative estimate of drug-likeness (QED) is 0.712. The van der Waals surface area contributed by atoms with Gasteiger partial charge in [0.2, 0.25) is 0 Å². The lowest BCUT2D eigenvalue weighted by atomic mass is 10.2. The molecule has 0 bridgehead atoms. The van der Waals surface area contributed by atoms with E-state index in [4.69, 9.17) is 0 Å². The molecule has 0 aliphatic carbocycles. The largest absolute Gasteiger partial charge is 0.368 e. The summed E-state index contributed by atoms with van der Waals surface area (Å²) in [6.07, 6.45) is 6.93. The van der Waals surface area contributed by atoms with Gasteiger partial charge >= 0.3 is 0 Å². The van der Waals surface area contributed by atoms with E-state index in [2.05, 4.69) is 19.9 Å². The molecule has 0 unspecified atom stereocenters. The number of piperazine rings is 1. The van der Waals surface area contributed by atoms with Crippen LogP contribution in [0.25, 0.3) is 11.2 Å². The van der Waals surface area contributed by atoms with E-state index in [-0.39, 0.29) is 5.91 Å². The summed E-state index contributed by atoms with van der Waals surface area (Å²) in [5.41, 5.74) is 3.28. The Kier molecular flexibility index (Phi) is 3.60. The lowest BCUT2D eigenvalue weighted by molar-refractivity contribution is 0.0746. The van der Waals surface area contributed by atoms with E-state index in [9.17, 15) is 4.79 Å². The minimum Gasteiger partial charge on any atom is -0.368 e. The maximum absolute atomic E-state index is 12.7. The van der Waals surface area contributed by atoms with E-state index in [0.29, 0.717) is 18.7 Å². The van der Waals surface area contributed by atoms with E-state index in [0.717, 1.165) is 29.9 Å². The van der Waals surface area contributed by atoms with Crippen LogP contribution in [0.4, 0.5) is 5.69 Å². The fourth-order valence-electron chi connectivity index (χ4n) is 3.04. The van der Waals surface area contributed by atoms with Crippen LogP contribution in [0.1, 0.15) is 10.4 Å². The molecule has 1 aliphatic heterocycles. The van der Waals surface area contributed by atoms with Gasteiger partial charge < -0.3 is 14.4 Å². The molecule has 0 atom stereocenters. The second kappa shape index (κ2) is 5.92. The van der Waals surface area contributed by atoms with Crippen LogP contribution < -0.4 is 4.90 Å². The Morgan fingerprint density at radius 1 is 1.08 bits per heavy atom. The van der Waals surface area contributed by atoms with Crippen LogP contribution in [0.3, 0.4) is 0 Å². The monoisotopic (exact) mass is 322 g/mol. The van der Waals surface area contributed by atoms with Gasteiger partial charge in [0.15, 0.2) is 5.65 Å². The topological polar surface area (TPSA) is 67.2 Å². The molecule has 3 aromatic rings. The van der Waals surface area contributed by atoms with E-state index in [1.807, 2.05) is 34.7 Å². The number of nitrogens with zero attached hydrogens (tertiary/aromatic N) is 6. The fraction of sp³-hybridized carbons (Fsp3) is 0.294. The first-order valence-electron chi connectivity index (χ1n) is 7.94. The molecule has 0 spiro atoms. The number of pyridine rings is 2. The minimum atomic E-state index is 0.0180. The van der Waals surface area contributed by atoms with Crippen molar-refractivity contribution in [1.29, 1.82) is 0 Å². The predicted molar refractivity (Wildman–Crippen MR) is 90.9 cm³/mol. The van der Waals surface area contributed by atoms with Gasteiger partial charge in [-0.3, -0.25) is 9.78 Å². The van der Waals surface area contributed by atoms with Crippen LogP contribution in [-0.4, -0.2) is 56.5 Å². The smallest absolute Gasteiger partial charge is 0.255 e. The molecule has 7 heteroatoms. The average molecular weight is 322 g/mol. The third-order valence-corrected chi connectivity index (χ3v) is 4.39. The number of aromatic nitrogens is 4. The third kappa shape index (κ3) is 2.58. The van der Waals surface area contributed by atoms with Crippen molar-refractivity contribution in [3.8, 4) is 0 Å². The van der Waals surface area contributed by atoms with Gasteiger partial charge in [-0.1, -0.05) is 0 Å². The molecule has 4 rings (SSSR count). The Bertz CT molecular complexity index is 867. The van der Waals surface area contributed by atoms with Crippen LogP contribution >= 0.6 is 0 Å². The predicted octanol–water partition coefficient (Wildman–Crippen LogP) is 1.33. The SMILES string of the molecule is Cn1cnc2cc(C(=O)N3CCN(c4ccncc4)CC3)cnc21. The molecule has 1 saturated heterocycles. The molecule has 0 saturated carbocycles. The van der Waals surface area contributed by atoms with Crippen LogP contribution in [0.15, 0.2) is 43.1 Å². The Hall–Kier alpha value is -2.96. The first-order chi connectivity index (χ1) is 11.7. The number of carbonyl (C=O) groups is 1. The average Bonchev–Trinajstić information content (AvgIpc) is 3.02. The van der Waals surface area contributed by atoms with Crippen molar-refractivity contribution in [2.75, 3.05) is 31.1 Å². The Labute approximate surface area is 139 Å². The van der Waals surface area contributed by atoms with Gasteiger partial charge in [-0.15, -0.1) is 0 Å². The number of amides is 1. The molecule has 1 aliphatic rings. The lowest BCUT2D eigenvalue weighted by Gasteiger charge is -2.36. The van der Waals surface area contributed by atoms with Crippen LogP contribution in [0.2, 0.25) is 0 Å². The Balaban J connectivity index is 1.47. The molecule has 0 radical (unpaired) electrons. The van der Waals surface area contributed by atoms with Crippen molar-refractivity contribution in [3.63, 3.8) is 0 Å². The Morgan fingerprint density at radius 3 is 2.58 bits per heavy atom. The van der Waals surface area contributed by atoms with Crippen LogP contribution in [-0.2, 0) is 7.05 Å². The number of imidazole rings is 1. The van der Waals surface area contributed by atoms with Gasteiger partial charge in [0.25, 0.3) is 5.91 Å². The van der Waals surface area contributed by atoms with Gasteiger partial charge in [-0.2, -0.15) is 0 Å². The zero-order valence-electron chi connectivity index (χ0n) is 13.5. The number of carbonyl (C=O) groups excluding carboxylic acids is 1. The second-order valence-corrected chi connectivity index (χ2v) is 5.91. The molecular weight excluding hydrogens is 304 g/mol. The molecule has 1 amide bonds. The van der Waals surface area contributed by atoms with E-state index in [1.165, 1.54) is 0 Å². The summed E-state index contributed by atoms with van der Waals surface area (Å²) < 4.78 is 1.84. The molecule has 24 heavy (non-hydrogen) atoms. The summed E-state index contributed by atoms with van der Waals surface area (Å²) in [6, 6.07) is 5.81. The van der Waals surface area contributed by atoms with E-state index in [1.54, 1.807) is 24.9 Å². The van der Waals surface area contributed by atoms with Gasteiger partial charge in [-0.25, -0.2) is 9.97 Å². The van der Waals surface area contributed by atoms with Gasteiger partial charge in [-0.05, 0) is 18.2 Å². The highest BCUT2D eigenvalue weighted by atomic mass is 16.2. The van der Waals surface area contributed by atoms with Crippen molar-refractivity contribution in [2.45, 2.75) is 0 Å². The molecule has 122 valence electrons. The van der Waals surface area contributed by atoms with Gasteiger partial charge in [0, 0.05) is 57.5 Å². The highest BCUT2D eigenvalue weighted by Gasteiger charge is 2.23. The summed E-state index contributed by atoms with van der Waals surface area (Å²) in [7, 11) is 1.89. The third-order valence-electron chi connectivity index (χ3n) is 4.39. The zero-order valence-corrected chi connectivity index (χ0v) is 13.5. The lowest BCUT2D eigenvalue weighted by Crippen LogP contribution is -2.48. The van der Waals surface area contributed by atoms with Gasteiger partial charge in [0.1, 0.15) is 5.52 Å². The molecule has 1 fully saturated rings. The zero-order chi connectivity index (χ0) is 16.5. The minimum absolute atomic E-state index is 0.0180. The fourth-order valence-corrected chi connectivity index (χ4v) is 3.04. The standard InChI is InChI=1S/C17H18N6O/c1-21-12-20-15-10-13(11-19-16(15)21)17(24)23-8-6-22(7-9-23)14-2-4-18-5-3-14/h2-5,10-12H,6-9H2,1H3. The number of anilines is 1. The number of fused-ring (bicyclic) bond motifs is 1. The first kappa shape index (κ1) is 14.6. The molecular formula is C17H18N6O. The van der Waals surface area contributed by atoms with Crippen LogP contribution in [0.5, 0.6) is 0 Å². The second-order valence-electron chi connectivity index (χ2n) is 5.91. The summed E-state index contributed by atoms with van der Waals surface area (Å²) in [4.78, 5) is 29.5. The maximum Gasteiger partial charge on any atom is 0.255 e. The van der Waals surface area contributed by atoms with Crippen molar-refractivity contribution in [1.82, 2.24) is 24.4 Å². The van der Waals surface area contributed by atoms with E-state index < -0.39 is 0 Å². The normalized spacial score (nSPS) is 15.0. The molecule has 7 nitrogen and oxygen atoms in total. The van der Waals surface area contributed by atoms with Crippen molar-refractivity contribution >= 4 is 22.8 Å². The molecule has 0 N–H and O–H groups in total. The number of hydrogen-bond donors (Lipinski definition) is 0. The summed E-state index contributed by atoms with van der Waals surface area (Å²) in [5, 5.41) is 0. The van der Waals surface area contributed by atoms with Crippen molar-refractivity contribution < 1.29 is 4.79 Å². The van der Waals surface area contributed by atoms with Crippen molar-refractivity contribution in [3.05, 3.63) is 48.7 Å². The van der Waals surface area contributed by atoms with Gasteiger partial charge in [0.05, 0.1) is 11.9 Å². The molecule has 3 aromatic heterocycles. The summed E-state index contributed by atoms with van der Waals surface area (Å²) in [6.45, 7) is 3.02. The van der Waals surface area contributed by atoms with Crippen molar-refractivity contribution in [2.24, 2.45) is 7.05 Å². The summed E-state index contributed by atoms with van der Waals surface area (Å²) in [5.74, 6) is 0.0180. The number of rotatable bonds is 2. The van der Waals surface area contributed by atoms with E-state index >= 15 is 0 Å². The number of hydrogen-bond acceptors (Lipinski definition) is 5. The highest BCUT2D eigenvalue weighted by Crippen LogP contribution is 2.17. The maximum atomic E-state index is 12.7. The van der Waals surface area contributed by atoms with Crippen LogP contribution in [0, 0.1) is 0 Å².